The molecule has 26 heavy (non-hydrogen) atoms. The third kappa shape index (κ3) is 3.86. The lowest BCUT2D eigenvalue weighted by Crippen LogP contribution is -2.36. The zero-order chi connectivity index (χ0) is 18.8. The first-order chi connectivity index (χ1) is 12.3. The number of likely N-dealkylation sites (N-methyl/N-ethyl adjacent to an activating group) is 1. The number of anilines is 1. The molecule has 0 atom stereocenters. The van der Waals surface area contributed by atoms with E-state index in [-0.39, 0.29) is 19.0 Å². The molecule has 9 heteroatoms. The van der Waals surface area contributed by atoms with Gasteiger partial charge in [0.25, 0.3) is 0 Å². The lowest BCUT2D eigenvalue weighted by Gasteiger charge is -2.13. The van der Waals surface area contributed by atoms with Crippen molar-refractivity contribution in [1.82, 2.24) is 14.8 Å². The van der Waals surface area contributed by atoms with Gasteiger partial charge in [0, 0.05) is 29.6 Å². The van der Waals surface area contributed by atoms with E-state index in [9.17, 15) is 14.4 Å². The zero-order valence-electron chi connectivity index (χ0n) is 14.3. The van der Waals surface area contributed by atoms with E-state index >= 15 is 0 Å². The third-order valence-electron chi connectivity index (χ3n) is 4.03. The number of aryl methyl sites for hydroxylation is 1. The number of imide groups is 1. The first-order valence-corrected chi connectivity index (χ1v) is 9.08. The first kappa shape index (κ1) is 18.3. The van der Waals surface area contributed by atoms with E-state index in [1.807, 2.05) is 25.1 Å². The minimum absolute atomic E-state index is 0.0856. The molecular weight excluding hydrogens is 376 g/mol. The Hall–Kier alpha value is -2.45. The Labute approximate surface area is 159 Å². The van der Waals surface area contributed by atoms with Crippen LogP contribution in [0.2, 0.25) is 5.02 Å². The van der Waals surface area contributed by atoms with Crippen LogP contribution in [0.25, 0.3) is 0 Å². The molecule has 1 saturated heterocycles. The van der Waals surface area contributed by atoms with Crippen LogP contribution in [0, 0.1) is 6.92 Å². The summed E-state index contributed by atoms with van der Waals surface area (Å²) in [6, 6.07) is 5.39. The first-order valence-electron chi connectivity index (χ1n) is 7.89. The maximum Gasteiger partial charge on any atom is 0.327 e. The number of nitrogens with zero attached hydrogens (tertiary/aromatic N) is 3. The van der Waals surface area contributed by atoms with Crippen molar-refractivity contribution < 1.29 is 14.4 Å². The monoisotopic (exact) mass is 392 g/mol. The second kappa shape index (κ2) is 7.43. The Kier molecular flexibility index (Phi) is 5.24. The third-order valence-corrected chi connectivity index (χ3v) is 5.48. The molecule has 2 heterocycles. The van der Waals surface area contributed by atoms with E-state index in [2.05, 4.69) is 10.3 Å². The Morgan fingerprint density at radius 3 is 2.85 bits per heavy atom. The summed E-state index contributed by atoms with van der Waals surface area (Å²) in [5.74, 6) is -0.717. The number of carbonyl (C=O) groups excluding carboxylic acids is 3. The highest BCUT2D eigenvalue weighted by atomic mass is 35.5. The molecular formula is C17H17ClN4O3S. The summed E-state index contributed by atoms with van der Waals surface area (Å²) in [4.78, 5) is 42.7. The van der Waals surface area contributed by atoms with Gasteiger partial charge in [0.15, 0.2) is 5.13 Å². The van der Waals surface area contributed by atoms with Crippen molar-refractivity contribution in [2.75, 3.05) is 25.5 Å². The molecule has 1 aliphatic heterocycles. The number of hydrogen-bond acceptors (Lipinski definition) is 5. The average Bonchev–Trinajstić information content (AvgIpc) is 3.12. The normalized spacial score (nSPS) is 14.3. The number of amides is 4. The summed E-state index contributed by atoms with van der Waals surface area (Å²) in [6.07, 6.45) is 2.31. The van der Waals surface area contributed by atoms with Crippen molar-refractivity contribution in [3.63, 3.8) is 0 Å². The van der Waals surface area contributed by atoms with Crippen LogP contribution in [0.1, 0.15) is 16.0 Å². The SMILES string of the molecule is Cc1cccc(Cc2cnc(NC(=O)CN3CC(=O)N(C)C3=O)s2)c1Cl. The highest BCUT2D eigenvalue weighted by Gasteiger charge is 2.34. The van der Waals surface area contributed by atoms with Crippen LogP contribution in [-0.4, -0.2) is 52.8 Å². The van der Waals surface area contributed by atoms with E-state index in [0.717, 1.165) is 25.9 Å². The molecule has 7 nitrogen and oxygen atoms in total. The van der Waals surface area contributed by atoms with Gasteiger partial charge in [-0.1, -0.05) is 29.8 Å². The summed E-state index contributed by atoms with van der Waals surface area (Å²) in [5, 5.41) is 3.84. The molecule has 0 spiro atoms. The van der Waals surface area contributed by atoms with Crippen LogP contribution in [0.5, 0.6) is 0 Å². The fraction of sp³-hybridized carbons (Fsp3) is 0.294. The molecule has 4 amide bonds. The average molecular weight is 393 g/mol. The summed E-state index contributed by atoms with van der Waals surface area (Å²) >= 11 is 7.66. The van der Waals surface area contributed by atoms with Gasteiger partial charge in [-0.05, 0) is 18.1 Å². The number of nitrogens with one attached hydrogen (secondary N) is 1. The number of halogens is 1. The van der Waals surface area contributed by atoms with Crippen LogP contribution in [-0.2, 0) is 16.0 Å². The van der Waals surface area contributed by atoms with Gasteiger partial charge in [-0.3, -0.25) is 14.5 Å². The highest BCUT2D eigenvalue weighted by molar-refractivity contribution is 7.15. The maximum atomic E-state index is 12.1. The molecule has 0 bridgehead atoms. The smallest absolute Gasteiger partial charge is 0.306 e. The van der Waals surface area contributed by atoms with Gasteiger partial charge in [0.1, 0.15) is 13.1 Å². The van der Waals surface area contributed by atoms with Crippen molar-refractivity contribution >= 4 is 45.9 Å². The Morgan fingerprint density at radius 2 is 2.15 bits per heavy atom. The fourth-order valence-electron chi connectivity index (χ4n) is 2.59. The quantitative estimate of drug-likeness (QED) is 0.792. The molecule has 3 rings (SSSR count). The van der Waals surface area contributed by atoms with Crippen molar-refractivity contribution in [3.8, 4) is 0 Å². The predicted molar refractivity (Wildman–Crippen MR) is 99.5 cm³/mol. The number of thiazole rings is 1. The summed E-state index contributed by atoms with van der Waals surface area (Å²) < 4.78 is 0. The van der Waals surface area contributed by atoms with Gasteiger partial charge < -0.3 is 10.2 Å². The van der Waals surface area contributed by atoms with E-state index in [4.69, 9.17) is 11.6 Å². The van der Waals surface area contributed by atoms with Crippen LogP contribution in [0.15, 0.2) is 24.4 Å². The lowest BCUT2D eigenvalue weighted by molar-refractivity contribution is -0.124. The Balaban J connectivity index is 1.60. The van der Waals surface area contributed by atoms with Crippen molar-refractivity contribution in [1.29, 1.82) is 0 Å². The molecule has 1 fully saturated rings. The number of hydrogen-bond donors (Lipinski definition) is 1. The Morgan fingerprint density at radius 1 is 1.38 bits per heavy atom. The Bertz CT molecular complexity index is 883. The predicted octanol–water partition coefficient (Wildman–Crippen LogP) is 2.53. The molecule has 0 unspecified atom stereocenters. The molecule has 1 N–H and O–H groups in total. The largest absolute Gasteiger partial charge is 0.327 e. The van der Waals surface area contributed by atoms with E-state index < -0.39 is 11.9 Å². The summed E-state index contributed by atoms with van der Waals surface area (Å²) in [7, 11) is 1.39. The molecule has 1 aromatic heterocycles. The van der Waals surface area contributed by atoms with Crippen molar-refractivity contribution in [2.24, 2.45) is 0 Å². The summed E-state index contributed by atoms with van der Waals surface area (Å²) in [6.45, 7) is 1.68. The minimum atomic E-state index is -0.473. The number of rotatable bonds is 5. The molecule has 0 aliphatic carbocycles. The zero-order valence-corrected chi connectivity index (χ0v) is 15.9. The number of benzene rings is 1. The van der Waals surface area contributed by atoms with Gasteiger partial charge >= 0.3 is 6.03 Å². The topological polar surface area (TPSA) is 82.6 Å². The molecule has 1 aliphatic rings. The number of aromatic nitrogens is 1. The molecule has 136 valence electrons. The van der Waals surface area contributed by atoms with E-state index in [1.165, 1.54) is 23.3 Å². The van der Waals surface area contributed by atoms with Crippen LogP contribution < -0.4 is 5.32 Å². The van der Waals surface area contributed by atoms with Gasteiger partial charge in [0.2, 0.25) is 11.8 Å². The molecule has 0 saturated carbocycles. The molecule has 0 radical (unpaired) electrons. The van der Waals surface area contributed by atoms with Gasteiger partial charge in [0.05, 0.1) is 0 Å². The molecule has 1 aromatic carbocycles. The fourth-order valence-corrected chi connectivity index (χ4v) is 3.64. The standard InChI is InChI=1S/C17H17ClN4O3S/c1-10-4-3-5-11(15(10)18)6-12-7-19-16(26-12)20-13(23)8-22-9-14(24)21(2)17(22)25/h3-5,7H,6,8-9H2,1-2H3,(H,19,20,23). The maximum absolute atomic E-state index is 12.1. The van der Waals surface area contributed by atoms with E-state index in [0.29, 0.717) is 11.6 Å². The van der Waals surface area contributed by atoms with Gasteiger partial charge in [-0.2, -0.15) is 0 Å². The lowest BCUT2D eigenvalue weighted by atomic mass is 10.1. The van der Waals surface area contributed by atoms with Crippen LogP contribution in [0.3, 0.4) is 0 Å². The minimum Gasteiger partial charge on any atom is -0.306 e. The number of carbonyl (C=O) groups is 3. The van der Waals surface area contributed by atoms with Gasteiger partial charge in [-0.25, -0.2) is 9.78 Å². The summed E-state index contributed by atoms with van der Waals surface area (Å²) in [5.41, 5.74) is 2.01. The van der Waals surface area contributed by atoms with Crippen LogP contribution >= 0.6 is 22.9 Å². The highest BCUT2D eigenvalue weighted by Crippen LogP contribution is 2.26. The second-order valence-electron chi connectivity index (χ2n) is 6.00. The van der Waals surface area contributed by atoms with Crippen LogP contribution in [0.4, 0.5) is 9.93 Å². The van der Waals surface area contributed by atoms with E-state index in [1.54, 1.807) is 6.20 Å². The number of urea groups is 1. The van der Waals surface area contributed by atoms with Crippen molar-refractivity contribution in [2.45, 2.75) is 13.3 Å². The second-order valence-corrected chi connectivity index (χ2v) is 7.49. The molecule has 2 aromatic rings. The van der Waals surface area contributed by atoms with Gasteiger partial charge in [-0.15, -0.1) is 11.3 Å². The van der Waals surface area contributed by atoms with Crippen molar-refractivity contribution in [3.05, 3.63) is 45.4 Å².